The second-order valence-corrected chi connectivity index (χ2v) is 5.74. The predicted molar refractivity (Wildman–Crippen MR) is 79.5 cm³/mol. The second kappa shape index (κ2) is 7.65. The molecule has 1 aliphatic heterocycles. The van der Waals surface area contributed by atoms with Crippen LogP contribution < -0.4 is 5.73 Å². The molecule has 2 amide bonds. The molecule has 0 aromatic heterocycles. The van der Waals surface area contributed by atoms with Crippen molar-refractivity contribution in [1.82, 2.24) is 4.90 Å². The number of nitrogens with two attached hydrogens (primary N) is 1. The maximum Gasteiger partial charge on any atom is 0.394 e. The van der Waals surface area contributed by atoms with Gasteiger partial charge in [-0.1, -0.05) is 30.3 Å². The zero-order chi connectivity index (χ0) is 17.7. The Hall–Kier alpha value is -2.09. The summed E-state index contributed by atoms with van der Waals surface area (Å²) in [7, 11) is 0. The number of ether oxygens (including phenoxy) is 1. The van der Waals surface area contributed by atoms with E-state index in [0.717, 1.165) is 10.5 Å². The van der Waals surface area contributed by atoms with Crippen LogP contribution in [-0.2, 0) is 20.9 Å². The number of carbonyl (C=O) groups is 2. The molecule has 1 saturated heterocycles. The molecule has 24 heavy (non-hydrogen) atoms. The minimum atomic E-state index is -4.56. The fourth-order valence-electron chi connectivity index (χ4n) is 2.71. The minimum Gasteiger partial charge on any atom is -0.376 e. The Morgan fingerprint density at radius 3 is 2.42 bits per heavy atom. The van der Waals surface area contributed by atoms with Gasteiger partial charge in [0.1, 0.15) is 0 Å². The van der Waals surface area contributed by atoms with Crippen LogP contribution in [0.15, 0.2) is 30.3 Å². The van der Waals surface area contributed by atoms with Gasteiger partial charge < -0.3 is 15.4 Å². The highest BCUT2D eigenvalue weighted by atomic mass is 19.4. The van der Waals surface area contributed by atoms with E-state index in [1.807, 2.05) is 30.3 Å². The van der Waals surface area contributed by atoms with Gasteiger partial charge in [-0.2, -0.15) is 13.2 Å². The van der Waals surface area contributed by atoms with E-state index < -0.39 is 36.4 Å². The van der Waals surface area contributed by atoms with Crippen molar-refractivity contribution in [2.24, 2.45) is 17.6 Å². The standard InChI is InChI=1S/C16H19F3N2O3/c17-16(18,19)13-9-21(8-12(13)15(20)23)14(22)6-7-24-10-11-4-2-1-3-5-11/h1-5,12-13H,6-10H2,(H2,20,23)/t12-,13-/m1/s1. The van der Waals surface area contributed by atoms with Gasteiger partial charge >= 0.3 is 6.18 Å². The summed E-state index contributed by atoms with van der Waals surface area (Å²) in [4.78, 5) is 24.3. The smallest absolute Gasteiger partial charge is 0.376 e. The quantitative estimate of drug-likeness (QED) is 0.799. The number of halogens is 3. The lowest BCUT2D eigenvalue weighted by molar-refractivity contribution is -0.182. The number of amides is 2. The van der Waals surface area contributed by atoms with Crippen LogP contribution in [-0.4, -0.2) is 42.6 Å². The third-order valence-corrected chi connectivity index (χ3v) is 4.03. The average Bonchev–Trinajstić information content (AvgIpc) is 2.98. The number of hydrogen-bond donors (Lipinski definition) is 1. The lowest BCUT2D eigenvalue weighted by atomic mass is 9.95. The van der Waals surface area contributed by atoms with Crippen LogP contribution in [0.25, 0.3) is 0 Å². The third-order valence-electron chi connectivity index (χ3n) is 4.03. The first kappa shape index (κ1) is 18.3. The first-order valence-corrected chi connectivity index (χ1v) is 7.54. The molecule has 1 fully saturated rings. The molecule has 5 nitrogen and oxygen atoms in total. The zero-order valence-corrected chi connectivity index (χ0v) is 13.0. The predicted octanol–water partition coefficient (Wildman–Crippen LogP) is 1.72. The van der Waals surface area contributed by atoms with Gasteiger partial charge in [0.15, 0.2) is 0 Å². The Morgan fingerprint density at radius 2 is 1.88 bits per heavy atom. The first-order chi connectivity index (χ1) is 11.3. The van der Waals surface area contributed by atoms with Gasteiger partial charge in [0.05, 0.1) is 31.5 Å². The lowest BCUT2D eigenvalue weighted by Gasteiger charge is -2.18. The SMILES string of the molecule is NC(=O)[C@@H]1CN(C(=O)CCOCc2ccccc2)C[C@H]1C(F)(F)F. The number of alkyl halides is 3. The first-order valence-electron chi connectivity index (χ1n) is 7.54. The van der Waals surface area contributed by atoms with Gasteiger partial charge in [-0.3, -0.25) is 9.59 Å². The van der Waals surface area contributed by atoms with Gasteiger partial charge in [0.25, 0.3) is 0 Å². The Labute approximate surface area is 137 Å². The van der Waals surface area contributed by atoms with E-state index in [9.17, 15) is 22.8 Å². The van der Waals surface area contributed by atoms with Gasteiger partial charge in [-0.25, -0.2) is 0 Å². The summed E-state index contributed by atoms with van der Waals surface area (Å²) in [6.45, 7) is -0.406. The molecular formula is C16H19F3N2O3. The molecule has 0 unspecified atom stereocenters. The molecule has 2 rings (SSSR count). The number of carbonyl (C=O) groups excluding carboxylic acids is 2. The fourth-order valence-corrected chi connectivity index (χ4v) is 2.71. The van der Waals surface area contributed by atoms with Crippen molar-refractivity contribution in [3.8, 4) is 0 Å². The van der Waals surface area contributed by atoms with Crippen molar-refractivity contribution >= 4 is 11.8 Å². The van der Waals surface area contributed by atoms with Crippen LogP contribution in [0.5, 0.6) is 0 Å². The van der Waals surface area contributed by atoms with Crippen molar-refractivity contribution in [1.29, 1.82) is 0 Å². The van der Waals surface area contributed by atoms with Crippen LogP contribution in [0.4, 0.5) is 13.2 Å². The van der Waals surface area contributed by atoms with E-state index >= 15 is 0 Å². The second-order valence-electron chi connectivity index (χ2n) is 5.74. The van der Waals surface area contributed by atoms with Crippen LogP contribution in [0.1, 0.15) is 12.0 Å². The van der Waals surface area contributed by atoms with Gasteiger partial charge in [-0.05, 0) is 5.56 Å². The Morgan fingerprint density at radius 1 is 1.21 bits per heavy atom. The molecule has 1 aliphatic rings. The topological polar surface area (TPSA) is 72.6 Å². The molecule has 132 valence electrons. The van der Waals surface area contributed by atoms with Crippen LogP contribution >= 0.6 is 0 Å². The summed E-state index contributed by atoms with van der Waals surface area (Å²) in [5.74, 6) is -4.79. The molecule has 2 atom stereocenters. The number of hydrogen-bond acceptors (Lipinski definition) is 3. The molecule has 0 bridgehead atoms. The Kier molecular flexibility index (Phi) is 5.82. The van der Waals surface area contributed by atoms with Crippen molar-refractivity contribution < 1.29 is 27.5 Å². The molecule has 8 heteroatoms. The molecule has 0 radical (unpaired) electrons. The molecule has 1 aromatic carbocycles. The van der Waals surface area contributed by atoms with E-state index in [2.05, 4.69) is 0 Å². The van der Waals surface area contributed by atoms with E-state index in [0.29, 0.717) is 6.61 Å². The number of nitrogens with zero attached hydrogens (tertiary/aromatic N) is 1. The fraction of sp³-hybridized carbons (Fsp3) is 0.500. The van der Waals surface area contributed by atoms with Gasteiger partial charge in [-0.15, -0.1) is 0 Å². The van der Waals surface area contributed by atoms with E-state index in [-0.39, 0.29) is 19.6 Å². The Balaban J connectivity index is 1.81. The van der Waals surface area contributed by atoms with Crippen LogP contribution in [0.2, 0.25) is 0 Å². The summed E-state index contributed by atoms with van der Waals surface area (Å²) < 4.78 is 44.2. The Bertz CT molecular complexity index is 578. The number of rotatable bonds is 6. The van der Waals surface area contributed by atoms with Gasteiger partial charge in [0, 0.05) is 13.1 Å². The molecule has 0 aliphatic carbocycles. The zero-order valence-electron chi connectivity index (χ0n) is 13.0. The normalized spacial score (nSPS) is 21.0. The monoisotopic (exact) mass is 344 g/mol. The van der Waals surface area contributed by atoms with Crippen molar-refractivity contribution in [3.63, 3.8) is 0 Å². The van der Waals surface area contributed by atoms with Crippen molar-refractivity contribution in [2.75, 3.05) is 19.7 Å². The van der Waals surface area contributed by atoms with Crippen molar-refractivity contribution in [3.05, 3.63) is 35.9 Å². The highest BCUT2D eigenvalue weighted by molar-refractivity contribution is 5.81. The molecule has 1 aromatic rings. The minimum absolute atomic E-state index is 0.0388. The summed E-state index contributed by atoms with van der Waals surface area (Å²) in [5, 5.41) is 0. The summed E-state index contributed by atoms with van der Waals surface area (Å²) in [5.41, 5.74) is 5.97. The summed E-state index contributed by atoms with van der Waals surface area (Å²) in [6, 6.07) is 9.32. The molecule has 0 saturated carbocycles. The molecule has 2 N–H and O–H groups in total. The maximum atomic E-state index is 12.9. The largest absolute Gasteiger partial charge is 0.394 e. The van der Waals surface area contributed by atoms with Crippen LogP contribution in [0.3, 0.4) is 0 Å². The number of benzene rings is 1. The molecule has 1 heterocycles. The average molecular weight is 344 g/mol. The van der Waals surface area contributed by atoms with E-state index in [1.54, 1.807) is 0 Å². The number of likely N-dealkylation sites (tertiary alicyclic amines) is 1. The van der Waals surface area contributed by atoms with E-state index in [4.69, 9.17) is 10.5 Å². The molecule has 0 spiro atoms. The summed E-state index contributed by atoms with van der Waals surface area (Å²) >= 11 is 0. The van der Waals surface area contributed by atoms with Crippen molar-refractivity contribution in [2.45, 2.75) is 19.2 Å². The van der Waals surface area contributed by atoms with Gasteiger partial charge in [0.2, 0.25) is 11.8 Å². The van der Waals surface area contributed by atoms with E-state index in [1.165, 1.54) is 0 Å². The lowest BCUT2D eigenvalue weighted by Crippen LogP contribution is -2.37. The van der Waals surface area contributed by atoms with Crippen LogP contribution in [0, 0.1) is 11.8 Å². The maximum absolute atomic E-state index is 12.9. The highest BCUT2D eigenvalue weighted by Gasteiger charge is 2.52. The third kappa shape index (κ3) is 4.70. The highest BCUT2D eigenvalue weighted by Crippen LogP contribution is 2.37. The summed E-state index contributed by atoms with van der Waals surface area (Å²) in [6.07, 6.45) is -4.60. The number of primary amides is 1. The molecular weight excluding hydrogens is 325 g/mol.